The van der Waals surface area contributed by atoms with Crippen molar-refractivity contribution in [3.8, 4) is 0 Å². The van der Waals surface area contributed by atoms with E-state index in [0.717, 1.165) is 16.0 Å². The molecule has 0 bridgehead atoms. The Labute approximate surface area is 235 Å². The number of hydrogen-bond donors (Lipinski definition) is 3. The summed E-state index contributed by atoms with van der Waals surface area (Å²) in [6, 6.07) is 23.7. The molecule has 0 radical (unpaired) electrons. The summed E-state index contributed by atoms with van der Waals surface area (Å²) < 4.78 is 0. The first-order chi connectivity index (χ1) is 18.9. The third-order valence-electron chi connectivity index (χ3n) is 5.58. The van der Waals surface area contributed by atoms with Crippen LogP contribution in [-0.2, 0) is 9.59 Å². The Bertz CT molecular complexity index is 1470. The second-order valence-corrected chi connectivity index (χ2v) is 10.8. The Morgan fingerprint density at radius 1 is 0.974 bits per heavy atom. The van der Waals surface area contributed by atoms with Crippen LogP contribution in [0.15, 0.2) is 101 Å². The zero-order valence-electron chi connectivity index (χ0n) is 21.5. The van der Waals surface area contributed by atoms with Crippen LogP contribution in [0.3, 0.4) is 0 Å². The number of benzene rings is 3. The Balaban J connectivity index is 1.51. The fraction of sp³-hybridized carbons (Fsp3) is 0.133. The zero-order valence-corrected chi connectivity index (χ0v) is 23.1. The molecule has 3 aromatic carbocycles. The van der Waals surface area contributed by atoms with Crippen LogP contribution in [0.25, 0.3) is 6.08 Å². The molecule has 3 N–H and O–H groups in total. The van der Waals surface area contributed by atoms with Gasteiger partial charge in [-0.2, -0.15) is 0 Å². The molecule has 9 heteroatoms. The van der Waals surface area contributed by atoms with Crippen LogP contribution in [0.2, 0.25) is 0 Å². The second-order valence-electron chi connectivity index (χ2n) is 8.62. The van der Waals surface area contributed by atoms with Crippen LogP contribution in [0.1, 0.15) is 34.8 Å². The van der Waals surface area contributed by atoms with Gasteiger partial charge in [0.1, 0.15) is 5.70 Å². The highest BCUT2D eigenvalue weighted by Crippen LogP contribution is 2.29. The predicted molar refractivity (Wildman–Crippen MR) is 159 cm³/mol. The van der Waals surface area contributed by atoms with E-state index >= 15 is 0 Å². The summed E-state index contributed by atoms with van der Waals surface area (Å²) in [6.07, 6.45) is 3.91. The lowest BCUT2D eigenvalue weighted by Gasteiger charge is -2.15. The third-order valence-corrected chi connectivity index (χ3v) is 7.62. The van der Waals surface area contributed by atoms with Crippen molar-refractivity contribution in [2.24, 2.45) is 0 Å². The summed E-state index contributed by atoms with van der Waals surface area (Å²) in [6.45, 7) is 3.91. The quantitative estimate of drug-likeness (QED) is 0.156. The molecular weight excluding hydrogens is 528 g/mol. The number of aromatic nitrogens is 1. The Kier molecular flexibility index (Phi) is 9.66. The van der Waals surface area contributed by atoms with E-state index in [0.29, 0.717) is 22.8 Å². The summed E-state index contributed by atoms with van der Waals surface area (Å²) in [4.78, 5) is 43.9. The predicted octanol–water partition coefficient (Wildman–Crippen LogP) is 6.37. The highest BCUT2D eigenvalue weighted by atomic mass is 32.2. The van der Waals surface area contributed by atoms with E-state index in [-0.39, 0.29) is 22.8 Å². The summed E-state index contributed by atoms with van der Waals surface area (Å²) in [5.74, 6) is -0.971. The van der Waals surface area contributed by atoms with Crippen molar-refractivity contribution in [3.05, 3.63) is 113 Å². The molecule has 39 heavy (non-hydrogen) atoms. The minimum Gasteiger partial charge on any atom is -0.321 e. The van der Waals surface area contributed by atoms with Crippen LogP contribution < -0.4 is 16.0 Å². The highest BCUT2D eigenvalue weighted by Gasteiger charge is 2.20. The maximum absolute atomic E-state index is 13.4. The fourth-order valence-electron chi connectivity index (χ4n) is 3.67. The van der Waals surface area contributed by atoms with Crippen molar-refractivity contribution in [1.82, 2.24) is 10.3 Å². The van der Waals surface area contributed by atoms with Crippen LogP contribution in [-0.4, -0.2) is 28.0 Å². The molecule has 3 amide bonds. The number of thioether (sulfide) groups is 1. The first kappa shape index (κ1) is 27.8. The van der Waals surface area contributed by atoms with Crippen LogP contribution in [0, 0.1) is 6.92 Å². The summed E-state index contributed by atoms with van der Waals surface area (Å²) in [5, 5.41) is 10.5. The SMILES string of the molecule is CCC(Sc1cccc(NC(=O)/C(=C\c2cccc(C)c2)NC(=O)c2ccccc2)c1)C(=O)Nc1nccs1. The van der Waals surface area contributed by atoms with Gasteiger partial charge in [-0.1, -0.05) is 61.0 Å². The van der Waals surface area contributed by atoms with Gasteiger partial charge in [0.15, 0.2) is 5.13 Å². The van der Waals surface area contributed by atoms with Gasteiger partial charge in [-0.15, -0.1) is 23.1 Å². The molecule has 0 aliphatic heterocycles. The average Bonchev–Trinajstić information content (AvgIpc) is 3.45. The summed E-state index contributed by atoms with van der Waals surface area (Å²) >= 11 is 2.78. The molecule has 4 aromatic rings. The number of amides is 3. The molecule has 1 aromatic heterocycles. The molecule has 0 fully saturated rings. The molecule has 0 spiro atoms. The molecule has 1 heterocycles. The molecule has 0 aliphatic rings. The molecule has 0 aliphatic carbocycles. The largest absolute Gasteiger partial charge is 0.321 e. The van der Waals surface area contributed by atoms with E-state index in [1.54, 1.807) is 48.0 Å². The van der Waals surface area contributed by atoms with E-state index in [2.05, 4.69) is 20.9 Å². The second kappa shape index (κ2) is 13.5. The number of anilines is 2. The lowest BCUT2D eigenvalue weighted by atomic mass is 10.1. The van der Waals surface area contributed by atoms with Crippen molar-refractivity contribution in [3.63, 3.8) is 0 Å². The van der Waals surface area contributed by atoms with Gasteiger partial charge < -0.3 is 16.0 Å². The van der Waals surface area contributed by atoms with Gasteiger partial charge in [0, 0.05) is 27.7 Å². The first-order valence-corrected chi connectivity index (χ1v) is 14.1. The van der Waals surface area contributed by atoms with E-state index in [1.165, 1.54) is 23.1 Å². The maximum atomic E-state index is 13.4. The molecule has 7 nitrogen and oxygen atoms in total. The van der Waals surface area contributed by atoms with Crippen LogP contribution >= 0.6 is 23.1 Å². The van der Waals surface area contributed by atoms with Gasteiger partial charge in [-0.3, -0.25) is 14.4 Å². The number of nitrogens with zero attached hydrogens (tertiary/aromatic N) is 1. The van der Waals surface area contributed by atoms with E-state index in [9.17, 15) is 14.4 Å². The van der Waals surface area contributed by atoms with Gasteiger partial charge in [0.25, 0.3) is 11.8 Å². The summed E-state index contributed by atoms with van der Waals surface area (Å²) in [7, 11) is 0. The lowest BCUT2D eigenvalue weighted by Crippen LogP contribution is -2.30. The van der Waals surface area contributed by atoms with Crippen molar-refractivity contribution in [2.45, 2.75) is 30.4 Å². The molecular formula is C30H28N4O3S2. The monoisotopic (exact) mass is 556 g/mol. The standard InChI is InChI=1S/C30H28N4O3S2/c1-3-26(29(37)34-30-31-15-16-38-30)39-24-14-8-13-23(19-24)32-28(36)25(18-21-10-7-9-20(2)17-21)33-27(35)22-11-5-4-6-12-22/h4-19,26H,3H2,1-2H3,(H,32,36)(H,33,35)(H,31,34,37)/b25-18+. The molecule has 198 valence electrons. The average molecular weight is 557 g/mol. The van der Waals surface area contributed by atoms with Gasteiger partial charge in [-0.05, 0) is 55.3 Å². The van der Waals surface area contributed by atoms with Gasteiger partial charge in [0.05, 0.1) is 5.25 Å². The summed E-state index contributed by atoms with van der Waals surface area (Å²) in [5.41, 5.74) is 2.92. The molecule has 1 atom stereocenters. The Hall–Kier alpha value is -4.21. The topological polar surface area (TPSA) is 100 Å². The number of carbonyl (C=O) groups is 3. The number of rotatable bonds is 10. The smallest absolute Gasteiger partial charge is 0.272 e. The third kappa shape index (κ3) is 8.13. The maximum Gasteiger partial charge on any atom is 0.272 e. The number of hydrogen-bond acceptors (Lipinski definition) is 6. The van der Waals surface area contributed by atoms with Gasteiger partial charge in [-0.25, -0.2) is 4.98 Å². The molecule has 0 saturated carbocycles. The molecule has 4 rings (SSSR count). The normalized spacial score (nSPS) is 11.9. The van der Waals surface area contributed by atoms with Crippen molar-refractivity contribution in [2.75, 3.05) is 10.6 Å². The van der Waals surface area contributed by atoms with Crippen LogP contribution in [0.4, 0.5) is 10.8 Å². The number of aryl methyl sites for hydroxylation is 1. The van der Waals surface area contributed by atoms with Crippen LogP contribution in [0.5, 0.6) is 0 Å². The highest BCUT2D eigenvalue weighted by molar-refractivity contribution is 8.00. The van der Waals surface area contributed by atoms with E-state index in [4.69, 9.17) is 0 Å². The van der Waals surface area contributed by atoms with E-state index in [1.807, 2.05) is 62.4 Å². The number of carbonyl (C=O) groups excluding carboxylic acids is 3. The Morgan fingerprint density at radius 3 is 2.49 bits per heavy atom. The van der Waals surface area contributed by atoms with Gasteiger partial charge >= 0.3 is 0 Å². The molecule has 1 unspecified atom stereocenters. The minimum atomic E-state index is -0.462. The van der Waals surface area contributed by atoms with Crippen molar-refractivity contribution >= 4 is 57.7 Å². The minimum absolute atomic E-state index is 0.113. The van der Waals surface area contributed by atoms with E-state index < -0.39 is 5.91 Å². The van der Waals surface area contributed by atoms with Crippen molar-refractivity contribution < 1.29 is 14.4 Å². The first-order valence-electron chi connectivity index (χ1n) is 12.3. The lowest BCUT2D eigenvalue weighted by molar-refractivity contribution is -0.116. The molecule has 0 saturated heterocycles. The zero-order chi connectivity index (χ0) is 27.6. The number of nitrogens with one attached hydrogen (secondary N) is 3. The van der Waals surface area contributed by atoms with Gasteiger partial charge in [0.2, 0.25) is 5.91 Å². The number of thiazole rings is 1. The fourth-order valence-corrected chi connectivity index (χ4v) is 5.22. The van der Waals surface area contributed by atoms with Crippen molar-refractivity contribution in [1.29, 1.82) is 0 Å². The Morgan fingerprint density at radius 2 is 1.77 bits per heavy atom.